The molecule has 3 heteroatoms. The molecule has 0 aliphatic carbocycles. The van der Waals surface area contributed by atoms with Gasteiger partial charge in [0.25, 0.3) is 5.91 Å². The van der Waals surface area contributed by atoms with E-state index in [9.17, 15) is 4.79 Å². The Hall–Kier alpha value is -0.410. The Balaban J connectivity index is 3.25. The standard InChI is InChI=1S/C5H12N2O/c1-6-5(8)4-7(2)3/h1,4,6H2,2-3H3. The maximum absolute atomic E-state index is 10.5. The molecule has 0 atom stereocenters. The average Bonchev–Trinajstić information content (AvgIpc) is 1.65. The number of nitrogens with zero attached hydrogens (tertiary/aromatic N) is 1. The third-order valence-corrected chi connectivity index (χ3v) is 0.700. The maximum atomic E-state index is 10.5. The van der Waals surface area contributed by atoms with Gasteiger partial charge in [-0.2, -0.15) is 0 Å². The van der Waals surface area contributed by atoms with Crippen molar-refractivity contribution in [1.29, 1.82) is 0 Å². The number of rotatable bonds is 2. The van der Waals surface area contributed by atoms with Crippen LogP contribution in [0.5, 0.6) is 0 Å². The van der Waals surface area contributed by atoms with Crippen LogP contribution in [0.2, 0.25) is 0 Å². The highest BCUT2D eigenvalue weighted by Crippen LogP contribution is 1.66. The van der Waals surface area contributed by atoms with Crippen molar-refractivity contribution in [2.24, 2.45) is 0 Å². The summed E-state index contributed by atoms with van der Waals surface area (Å²) in [6.07, 6.45) is 0. The minimum absolute atomic E-state index is 0.0648. The highest BCUT2D eigenvalue weighted by molar-refractivity contribution is 5.67. The number of likely N-dealkylation sites (N-methyl/N-ethyl adjacent to an activating group) is 1. The molecule has 0 saturated heterocycles. The van der Waals surface area contributed by atoms with Crippen molar-refractivity contribution in [2.75, 3.05) is 20.6 Å². The van der Waals surface area contributed by atoms with E-state index in [0.717, 1.165) is 0 Å². The molecule has 0 rings (SSSR count). The first-order valence-corrected chi connectivity index (χ1v) is 2.47. The van der Waals surface area contributed by atoms with Gasteiger partial charge in [-0.05, 0) is 14.1 Å². The normalized spacial score (nSPS) is 10.0. The highest BCUT2D eigenvalue weighted by Gasteiger charge is 1.98. The Kier molecular flexibility index (Phi) is 3.39. The van der Waals surface area contributed by atoms with Crippen molar-refractivity contribution >= 4 is 5.91 Å². The fourth-order valence-electron chi connectivity index (χ4n) is 0.376. The number of hydrogen-bond acceptors (Lipinski definition) is 2. The van der Waals surface area contributed by atoms with Gasteiger partial charge in [0.05, 0.1) is 0 Å². The summed E-state index contributed by atoms with van der Waals surface area (Å²) < 4.78 is 0. The molecule has 2 N–H and O–H groups in total. The molecule has 0 aromatic carbocycles. The molecular formula is C5H12N2O. The van der Waals surface area contributed by atoms with Gasteiger partial charge < -0.3 is 5.32 Å². The second-order valence-corrected chi connectivity index (χ2v) is 1.91. The van der Waals surface area contributed by atoms with Gasteiger partial charge in [-0.25, -0.2) is 4.79 Å². The lowest BCUT2D eigenvalue weighted by Gasteiger charge is -2.05. The Bertz CT molecular complexity index is 80.5. The van der Waals surface area contributed by atoms with Crippen LogP contribution >= 0.6 is 0 Å². The summed E-state index contributed by atoms with van der Waals surface area (Å²) in [6, 6.07) is 0. The lowest BCUT2D eigenvalue weighted by atomic mass is 10.5. The summed E-state index contributed by atoms with van der Waals surface area (Å²) in [5, 5.41) is 1.33. The van der Waals surface area contributed by atoms with Crippen LogP contribution < -0.4 is 5.32 Å². The molecule has 0 spiro atoms. The molecule has 0 aliphatic rings. The first-order chi connectivity index (χ1) is 3.66. The predicted molar refractivity (Wildman–Crippen MR) is 30.8 cm³/mol. The van der Waals surface area contributed by atoms with E-state index in [1.165, 1.54) is 5.32 Å². The fourth-order valence-corrected chi connectivity index (χ4v) is 0.376. The van der Waals surface area contributed by atoms with E-state index in [-0.39, 0.29) is 5.91 Å². The first-order valence-electron chi connectivity index (χ1n) is 2.47. The number of quaternary nitrogens is 1. The third-order valence-electron chi connectivity index (χ3n) is 0.700. The van der Waals surface area contributed by atoms with Crippen LogP contribution in [-0.4, -0.2) is 31.4 Å². The second-order valence-electron chi connectivity index (χ2n) is 1.91. The Morgan fingerprint density at radius 1 is 1.75 bits per heavy atom. The Labute approximate surface area is 49.7 Å². The molecule has 0 radical (unpaired) electrons. The number of primary amides is 1. The zero-order valence-electron chi connectivity index (χ0n) is 5.35. The molecule has 0 fully saturated rings. The monoisotopic (exact) mass is 116 g/mol. The number of amides is 1. The van der Waals surface area contributed by atoms with Crippen molar-refractivity contribution in [1.82, 2.24) is 4.90 Å². The van der Waals surface area contributed by atoms with Crippen LogP contribution in [0, 0.1) is 7.05 Å². The summed E-state index contributed by atoms with van der Waals surface area (Å²) in [7, 11) is 7.03. The molecule has 1 amide bonds. The molecule has 0 saturated carbocycles. The van der Waals surface area contributed by atoms with Crippen molar-refractivity contribution < 1.29 is 10.1 Å². The first kappa shape index (κ1) is 7.59. The van der Waals surface area contributed by atoms with Crippen LogP contribution in [0.4, 0.5) is 0 Å². The fraction of sp³-hybridized carbons (Fsp3) is 0.600. The van der Waals surface area contributed by atoms with E-state index in [0.29, 0.717) is 6.54 Å². The number of nitrogens with two attached hydrogens (primary N) is 1. The number of hydrogen-bond donors (Lipinski definition) is 1. The van der Waals surface area contributed by atoms with Crippen molar-refractivity contribution in [3.05, 3.63) is 7.05 Å². The Morgan fingerprint density at radius 3 is 2.38 bits per heavy atom. The third kappa shape index (κ3) is 3.77. The van der Waals surface area contributed by atoms with Crippen LogP contribution in [0.3, 0.4) is 0 Å². The van der Waals surface area contributed by atoms with Gasteiger partial charge in [-0.15, -0.1) is 7.05 Å². The zero-order valence-corrected chi connectivity index (χ0v) is 5.35. The van der Waals surface area contributed by atoms with Gasteiger partial charge in [0, 0.05) is 0 Å². The van der Waals surface area contributed by atoms with Crippen molar-refractivity contribution in [3.8, 4) is 0 Å². The van der Waals surface area contributed by atoms with Crippen LogP contribution in [-0.2, 0) is 4.79 Å². The average molecular weight is 116 g/mol. The maximum Gasteiger partial charge on any atom is 0.298 e. The Morgan fingerprint density at radius 2 is 2.25 bits per heavy atom. The highest BCUT2D eigenvalue weighted by atomic mass is 16.1. The predicted octanol–water partition coefficient (Wildman–Crippen LogP) is -1.57. The molecule has 8 heavy (non-hydrogen) atoms. The van der Waals surface area contributed by atoms with E-state index in [1.54, 1.807) is 0 Å². The van der Waals surface area contributed by atoms with Crippen LogP contribution in [0.1, 0.15) is 0 Å². The molecular weight excluding hydrogens is 104 g/mol. The van der Waals surface area contributed by atoms with Crippen molar-refractivity contribution in [3.63, 3.8) is 0 Å². The summed E-state index contributed by atoms with van der Waals surface area (Å²) in [5.41, 5.74) is 0. The second kappa shape index (κ2) is 3.57. The quantitative estimate of drug-likeness (QED) is 0.442. The number of carbonyl (C=O) groups excluding carboxylic acids is 1. The largest absolute Gasteiger partial charge is 0.414 e. The summed E-state index contributed by atoms with van der Waals surface area (Å²) >= 11 is 0. The van der Waals surface area contributed by atoms with Gasteiger partial charge in [0.2, 0.25) is 0 Å². The molecule has 3 nitrogen and oxygen atoms in total. The van der Waals surface area contributed by atoms with E-state index in [4.69, 9.17) is 0 Å². The van der Waals surface area contributed by atoms with Gasteiger partial charge in [0.15, 0.2) is 0 Å². The molecule has 0 unspecified atom stereocenters. The molecule has 0 heterocycles. The molecule has 48 valence electrons. The molecule has 0 aromatic heterocycles. The van der Waals surface area contributed by atoms with Gasteiger partial charge >= 0.3 is 0 Å². The van der Waals surface area contributed by atoms with Crippen LogP contribution in [0.15, 0.2) is 0 Å². The van der Waals surface area contributed by atoms with Gasteiger partial charge in [-0.1, -0.05) is 0 Å². The van der Waals surface area contributed by atoms with E-state index in [2.05, 4.69) is 7.05 Å². The van der Waals surface area contributed by atoms with E-state index in [1.807, 2.05) is 19.0 Å². The van der Waals surface area contributed by atoms with Crippen LogP contribution in [0.25, 0.3) is 0 Å². The van der Waals surface area contributed by atoms with Crippen molar-refractivity contribution in [2.45, 2.75) is 0 Å². The molecule has 0 aromatic rings. The summed E-state index contributed by atoms with van der Waals surface area (Å²) in [4.78, 5) is 12.3. The minimum Gasteiger partial charge on any atom is -0.414 e. The molecule has 0 bridgehead atoms. The lowest BCUT2D eigenvalue weighted by molar-refractivity contribution is -0.507. The van der Waals surface area contributed by atoms with Gasteiger partial charge in [0.1, 0.15) is 6.54 Å². The summed E-state index contributed by atoms with van der Waals surface area (Å²) in [5.74, 6) is 0.0648. The topological polar surface area (TPSA) is 36.9 Å². The van der Waals surface area contributed by atoms with E-state index < -0.39 is 0 Å². The zero-order chi connectivity index (χ0) is 6.57. The summed E-state index contributed by atoms with van der Waals surface area (Å²) in [6.45, 7) is 0.462. The molecule has 0 aliphatic heterocycles. The number of carbonyl (C=O) groups is 1. The minimum atomic E-state index is 0.0648. The van der Waals surface area contributed by atoms with Gasteiger partial charge in [-0.3, -0.25) is 4.90 Å². The smallest absolute Gasteiger partial charge is 0.298 e. The SMILES string of the molecule is [CH2-][NH2+]C(=O)CN(C)C. The van der Waals surface area contributed by atoms with E-state index >= 15 is 0 Å². The lowest BCUT2D eigenvalue weighted by Crippen LogP contribution is -2.83.